The molecule has 4 nitrogen and oxygen atoms in total. The molecule has 0 aliphatic heterocycles. The first-order chi connectivity index (χ1) is 10.3. The van der Waals surface area contributed by atoms with Gasteiger partial charge in [0.15, 0.2) is 0 Å². The number of rotatable bonds is 12. The van der Waals surface area contributed by atoms with E-state index >= 15 is 0 Å². The summed E-state index contributed by atoms with van der Waals surface area (Å²) in [5.41, 5.74) is 0. The van der Waals surface area contributed by atoms with Crippen LogP contribution in [-0.2, 0) is 14.2 Å². The molecular weight excluding hydrogens is 266 g/mol. The summed E-state index contributed by atoms with van der Waals surface area (Å²) >= 11 is 0. The molecule has 0 bridgehead atoms. The normalized spacial score (nSPS) is 26.1. The van der Waals surface area contributed by atoms with Gasteiger partial charge in [-0.15, -0.1) is 0 Å². The fraction of sp³-hybridized carbons (Fsp3) is 1.00. The van der Waals surface area contributed by atoms with Crippen molar-refractivity contribution in [1.29, 1.82) is 0 Å². The summed E-state index contributed by atoms with van der Waals surface area (Å²) in [6, 6.07) is 0.529. The first kappa shape index (κ1) is 18.9. The molecule has 1 fully saturated rings. The number of hydrogen-bond donors (Lipinski definition) is 1. The van der Waals surface area contributed by atoms with E-state index < -0.39 is 0 Å². The van der Waals surface area contributed by atoms with Crippen LogP contribution in [0.15, 0.2) is 0 Å². The van der Waals surface area contributed by atoms with Crippen molar-refractivity contribution in [3.05, 3.63) is 0 Å². The van der Waals surface area contributed by atoms with Gasteiger partial charge in [0.2, 0.25) is 0 Å². The van der Waals surface area contributed by atoms with Gasteiger partial charge in [0.1, 0.15) is 0 Å². The van der Waals surface area contributed by atoms with Gasteiger partial charge in [-0.1, -0.05) is 20.3 Å². The maximum atomic E-state index is 6.11. The molecule has 0 saturated heterocycles. The minimum Gasteiger partial charge on any atom is -0.385 e. The van der Waals surface area contributed by atoms with Crippen molar-refractivity contribution >= 4 is 0 Å². The Balaban J connectivity index is 2.19. The molecule has 0 amide bonds. The Morgan fingerprint density at radius 3 is 2.62 bits per heavy atom. The Morgan fingerprint density at radius 1 is 1.05 bits per heavy atom. The molecule has 4 heteroatoms. The Morgan fingerprint density at radius 2 is 1.90 bits per heavy atom. The molecule has 1 aliphatic carbocycles. The summed E-state index contributed by atoms with van der Waals surface area (Å²) in [7, 11) is 1.72. The van der Waals surface area contributed by atoms with Gasteiger partial charge in [-0.3, -0.25) is 0 Å². The number of ether oxygens (including phenoxy) is 3. The van der Waals surface area contributed by atoms with E-state index in [9.17, 15) is 0 Å². The fourth-order valence-corrected chi connectivity index (χ4v) is 3.00. The van der Waals surface area contributed by atoms with Crippen molar-refractivity contribution in [3.8, 4) is 0 Å². The van der Waals surface area contributed by atoms with Crippen LogP contribution in [-0.4, -0.2) is 52.2 Å². The smallest absolute Gasteiger partial charge is 0.0731 e. The summed E-state index contributed by atoms with van der Waals surface area (Å²) in [4.78, 5) is 0. The SMILES string of the molecule is CCCNC1CCC(CC)CC1OCCOCCCOC. The number of nitrogens with one attached hydrogen (secondary N) is 1. The monoisotopic (exact) mass is 301 g/mol. The molecular formula is C17H35NO3. The third-order valence-corrected chi connectivity index (χ3v) is 4.33. The van der Waals surface area contributed by atoms with E-state index in [1.807, 2.05) is 0 Å². The molecule has 1 saturated carbocycles. The van der Waals surface area contributed by atoms with Gasteiger partial charge in [-0.05, 0) is 44.6 Å². The predicted molar refractivity (Wildman–Crippen MR) is 86.8 cm³/mol. The molecule has 126 valence electrons. The van der Waals surface area contributed by atoms with Crippen LogP contribution < -0.4 is 5.32 Å². The Kier molecular flexibility index (Phi) is 11.1. The van der Waals surface area contributed by atoms with E-state index in [0.29, 0.717) is 25.4 Å². The van der Waals surface area contributed by atoms with Gasteiger partial charge in [0.25, 0.3) is 0 Å². The minimum atomic E-state index is 0.359. The van der Waals surface area contributed by atoms with Gasteiger partial charge in [-0.25, -0.2) is 0 Å². The maximum absolute atomic E-state index is 6.11. The van der Waals surface area contributed by atoms with Gasteiger partial charge in [0, 0.05) is 26.4 Å². The summed E-state index contributed by atoms with van der Waals surface area (Å²) < 4.78 is 16.7. The zero-order valence-electron chi connectivity index (χ0n) is 14.2. The average Bonchev–Trinajstić information content (AvgIpc) is 2.52. The van der Waals surface area contributed by atoms with Crippen LogP contribution in [0.5, 0.6) is 0 Å². The molecule has 0 spiro atoms. The van der Waals surface area contributed by atoms with E-state index in [0.717, 1.165) is 32.1 Å². The highest BCUT2D eigenvalue weighted by atomic mass is 16.5. The van der Waals surface area contributed by atoms with Crippen molar-refractivity contribution in [1.82, 2.24) is 5.32 Å². The second-order valence-corrected chi connectivity index (χ2v) is 6.02. The van der Waals surface area contributed by atoms with Crippen LogP contribution in [0.3, 0.4) is 0 Å². The van der Waals surface area contributed by atoms with Crippen molar-refractivity contribution in [2.45, 2.75) is 64.5 Å². The highest BCUT2D eigenvalue weighted by Crippen LogP contribution is 2.28. The summed E-state index contributed by atoms with van der Waals surface area (Å²) in [6.07, 6.45) is 7.55. The fourth-order valence-electron chi connectivity index (χ4n) is 3.00. The van der Waals surface area contributed by atoms with Gasteiger partial charge in [0.05, 0.1) is 19.3 Å². The standard InChI is InChI=1S/C17H35NO3/c1-4-9-18-16-8-7-15(5-2)14-17(16)21-13-12-20-11-6-10-19-3/h15-18H,4-14H2,1-3H3. The predicted octanol–water partition coefficient (Wildman–Crippen LogP) is 3.00. The van der Waals surface area contributed by atoms with Crippen molar-refractivity contribution in [3.63, 3.8) is 0 Å². The molecule has 1 rings (SSSR count). The van der Waals surface area contributed by atoms with Crippen LogP contribution in [0, 0.1) is 5.92 Å². The summed E-state index contributed by atoms with van der Waals surface area (Å²) in [5, 5.41) is 3.65. The summed E-state index contributed by atoms with van der Waals surface area (Å²) in [5.74, 6) is 0.831. The van der Waals surface area contributed by atoms with Crippen LogP contribution in [0.4, 0.5) is 0 Å². The van der Waals surface area contributed by atoms with E-state index in [1.54, 1.807) is 7.11 Å². The molecule has 3 atom stereocenters. The average molecular weight is 301 g/mol. The first-order valence-electron chi connectivity index (χ1n) is 8.73. The lowest BCUT2D eigenvalue weighted by Gasteiger charge is -2.36. The van der Waals surface area contributed by atoms with Crippen molar-refractivity contribution in [2.75, 3.05) is 40.1 Å². The molecule has 0 heterocycles. The van der Waals surface area contributed by atoms with E-state index in [2.05, 4.69) is 19.2 Å². The molecule has 1 N–H and O–H groups in total. The van der Waals surface area contributed by atoms with Crippen LogP contribution in [0.2, 0.25) is 0 Å². The molecule has 0 aromatic heterocycles. The first-order valence-corrected chi connectivity index (χ1v) is 8.73. The third-order valence-electron chi connectivity index (χ3n) is 4.33. The van der Waals surface area contributed by atoms with Gasteiger partial charge >= 0.3 is 0 Å². The Bertz CT molecular complexity index is 238. The lowest BCUT2D eigenvalue weighted by Crippen LogP contribution is -2.46. The zero-order chi connectivity index (χ0) is 15.3. The molecule has 21 heavy (non-hydrogen) atoms. The Labute approximate surface area is 130 Å². The van der Waals surface area contributed by atoms with Crippen LogP contribution in [0.25, 0.3) is 0 Å². The molecule has 0 aromatic carbocycles. The Hall–Kier alpha value is -0.160. The lowest BCUT2D eigenvalue weighted by atomic mass is 9.82. The second kappa shape index (κ2) is 12.4. The molecule has 0 radical (unpaired) electrons. The van der Waals surface area contributed by atoms with Crippen LogP contribution in [0.1, 0.15) is 52.4 Å². The molecule has 3 unspecified atom stereocenters. The quantitative estimate of drug-likeness (QED) is 0.563. The highest BCUT2D eigenvalue weighted by molar-refractivity contribution is 4.85. The van der Waals surface area contributed by atoms with E-state index in [1.165, 1.54) is 32.1 Å². The van der Waals surface area contributed by atoms with Crippen LogP contribution >= 0.6 is 0 Å². The van der Waals surface area contributed by atoms with Gasteiger partial charge in [-0.2, -0.15) is 0 Å². The topological polar surface area (TPSA) is 39.7 Å². The highest BCUT2D eigenvalue weighted by Gasteiger charge is 2.29. The third kappa shape index (κ3) is 8.15. The van der Waals surface area contributed by atoms with Crippen molar-refractivity contribution in [2.24, 2.45) is 5.92 Å². The summed E-state index contributed by atoms with van der Waals surface area (Å²) in [6.45, 7) is 8.53. The minimum absolute atomic E-state index is 0.359. The lowest BCUT2D eigenvalue weighted by molar-refractivity contribution is -0.0376. The maximum Gasteiger partial charge on any atom is 0.0731 e. The largest absolute Gasteiger partial charge is 0.385 e. The molecule has 1 aliphatic rings. The van der Waals surface area contributed by atoms with E-state index in [4.69, 9.17) is 14.2 Å². The number of hydrogen-bond acceptors (Lipinski definition) is 4. The number of methoxy groups -OCH3 is 1. The zero-order valence-corrected chi connectivity index (χ0v) is 14.2. The van der Waals surface area contributed by atoms with Gasteiger partial charge < -0.3 is 19.5 Å². The second-order valence-electron chi connectivity index (χ2n) is 6.02. The van der Waals surface area contributed by atoms with E-state index in [-0.39, 0.29) is 0 Å². The van der Waals surface area contributed by atoms with Crippen molar-refractivity contribution < 1.29 is 14.2 Å². The molecule has 0 aromatic rings.